The fourth-order valence-corrected chi connectivity index (χ4v) is 3.41. The monoisotopic (exact) mass is 353 g/mol. The SMILES string of the molecule is O=C(O)[C@H]1CN[C@@H](c2ccc(-c3ccc(Br)cc3)o2)S1. The summed E-state index contributed by atoms with van der Waals surface area (Å²) in [4.78, 5) is 10.9. The molecule has 2 atom stereocenters. The largest absolute Gasteiger partial charge is 0.480 e. The number of furan rings is 1. The number of carbonyl (C=O) groups is 1. The summed E-state index contributed by atoms with van der Waals surface area (Å²) in [7, 11) is 0. The molecule has 1 aromatic carbocycles. The molecule has 0 amide bonds. The highest BCUT2D eigenvalue weighted by Crippen LogP contribution is 2.37. The lowest BCUT2D eigenvalue weighted by Crippen LogP contribution is -2.21. The number of hydrogen-bond donors (Lipinski definition) is 2. The molecule has 1 aromatic heterocycles. The molecule has 1 saturated heterocycles. The zero-order chi connectivity index (χ0) is 14.1. The lowest BCUT2D eigenvalue weighted by Gasteiger charge is -2.05. The van der Waals surface area contributed by atoms with Gasteiger partial charge in [-0.05, 0) is 24.3 Å². The Bertz CT molecular complexity index is 626. The lowest BCUT2D eigenvalue weighted by molar-refractivity contribution is -0.136. The Kier molecular flexibility index (Phi) is 3.87. The maximum atomic E-state index is 10.9. The van der Waals surface area contributed by atoms with Gasteiger partial charge in [0, 0.05) is 16.6 Å². The minimum absolute atomic E-state index is 0.0969. The molecule has 0 aliphatic carbocycles. The van der Waals surface area contributed by atoms with Crippen LogP contribution in [0.5, 0.6) is 0 Å². The highest BCUT2D eigenvalue weighted by Gasteiger charge is 2.32. The first-order valence-electron chi connectivity index (χ1n) is 6.11. The number of thioether (sulfide) groups is 1. The number of nitrogens with one attached hydrogen (secondary N) is 1. The van der Waals surface area contributed by atoms with Gasteiger partial charge in [0.15, 0.2) is 0 Å². The molecule has 0 saturated carbocycles. The Labute approximate surface area is 128 Å². The second-order valence-corrected chi connectivity index (χ2v) is 6.69. The second kappa shape index (κ2) is 5.63. The number of hydrogen-bond acceptors (Lipinski definition) is 4. The summed E-state index contributed by atoms with van der Waals surface area (Å²) in [6, 6.07) is 11.7. The van der Waals surface area contributed by atoms with Crippen LogP contribution in [-0.4, -0.2) is 22.9 Å². The molecule has 0 spiro atoms. The van der Waals surface area contributed by atoms with E-state index in [-0.39, 0.29) is 5.37 Å². The normalized spacial score (nSPS) is 22.1. The fourth-order valence-electron chi connectivity index (χ4n) is 2.05. The van der Waals surface area contributed by atoms with Crippen LogP contribution >= 0.6 is 27.7 Å². The van der Waals surface area contributed by atoms with Crippen LogP contribution in [0.3, 0.4) is 0 Å². The Morgan fingerprint density at radius 3 is 2.70 bits per heavy atom. The number of halogens is 1. The van der Waals surface area contributed by atoms with E-state index >= 15 is 0 Å². The topological polar surface area (TPSA) is 62.5 Å². The summed E-state index contributed by atoms with van der Waals surface area (Å²) in [5.41, 5.74) is 0.997. The van der Waals surface area contributed by atoms with Crippen molar-refractivity contribution in [2.24, 2.45) is 0 Å². The average molecular weight is 354 g/mol. The van der Waals surface area contributed by atoms with Gasteiger partial charge < -0.3 is 9.52 Å². The zero-order valence-corrected chi connectivity index (χ0v) is 12.8. The maximum Gasteiger partial charge on any atom is 0.318 e. The van der Waals surface area contributed by atoms with E-state index in [1.165, 1.54) is 11.8 Å². The number of carboxylic acids is 1. The van der Waals surface area contributed by atoms with Gasteiger partial charge in [-0.15, -0.1) is 11.8 Å². The van der Waals surface area contributed by atoms with Gasteiger partial charge in [0.05, 0.1) is 0 Å². The van der Waals surface area contributed by atoms with Crippen molar-refractivity contribution < 1.29 is 14.3 Å². The molecule has 1 aliphatic rings. The summed E-state index contributed by atoms with van der Waals surface area (Å²) < 4.78 is 6.85. The van der Waals surface area contributed by atoms with Crippen LogP contribution < -0.4 is 5.32 Å². The Hall–Kier alpha value is -1.24. The summed E-state index contributed by atoms with van der Waals surface area (Å²) in [5, 5.41) is 11.6. The highest BCUT2D eigenvalue weighted by molar-refractivity contribution is 9.10. The van der Waals surface area contributed by atoms with Crippen molar-refractivity contribution in [3.8, 4) is 11.3 Å². The van der Waals surface area contributed by atoms with E-state index in [0.29, 0.717) is 6.54 Å². The number of carboxylic acid groups (broad SMARTS) is 1. The standard InChI is InChI=1S/C14H12BrNO3S/c15-9-3-1-8(2-4-9)10-5-6-11(19-10)13-16-7-12(20-13)14(17)18/h1-6,12-13,16H,7H2,(H,17,18)/t12-,13-/m1/s1. The summed E-state index contributed by atoms with van der Waals surface area (Å²) in [6.07, 6.45) is 0. The van der Waals surface area contributed by atoms with Crippen LogP contribution in [0.4, 0.5) is 0 Å². The minimum atomic E-state index is -0.787. The quantitative estimate of drug-likeness (QED) is 0.884. The molecule has 0 unspecified atom stereocenters. The van der Waals surface area contributed by atoms with E-state index < -0.39 is 11.2 Å². The molecular weight excluding hydrogens is 342 g/mol. The van der Waals surface area contributed by atoms with Crippen molar-refractivity contribution >= 4 is 33.7 Å². The molecule has 1 aliphatic heterocycles. The lowest BCUT2D eigenvalue weighted by atomic mass is 10.2. The van der Waals surface area contributed by atoms with Crippen LogP contribution in [0, 0.1) is 0 Å². The predicted molar refractivity (Wildman–Crippen MR) is 81.6 cm³/mol. The first kappa shape index (κ1) is 13.7. The van der Waals surface area contributed by atoms with Crippen LogP contribution in [0.15, 0.2) is 45.3 Å². The van der Waals surface area contributed by atoms with Gasteiger partial charge in [0.25, 0.3) is 0 Å². The minimum Gasteiger partial charge on any atom is -0.480 e. The molecule has 2 aromatic rings. The van der Waals surface area contributed by atoms with Crippen LogP contribution in [0.2, 0.25) is 0 Å². The third-order valence-corrected chi connectivity index (χ3v) is 4.98. The molecule has 0 radical (unpaired) electrons. The predicted octanol–water partition coefficient (Wildman–Crippen LogP) is 3.50. The molecule has 104 valence electrons. The van der Waals surface area contributed by atoms with E-state index in [2.05, 4.69) is 21.2 Å². The van der Waals surface area contributed by atoms with E-state index in [1.807, 2.05) is 36.4 Å². The smallest absolute Gasteiger partial charge is 0.318 e. The number of benzene rings is 1. The first-order valence-corrected chi connectivity index (χ1v) is 7.84. The van der Waals surface area contributed by atoms with Crippen LogP contribution in [-0.2, 0) is 4.79 Å². The van der Waals surface area contributed by atoms with Gasteiger partial charge in [-0.2, -0.15) is 0 Å². The van der Waals surface area contributed by atoms with Gasteiger partial charge >= 0.3 is 5.97 Å². The van der Waals surface area contributed by atoms with Gasteiger partial charge in [-0.25, -0.2) is 0 Å². The molecule has 3 rings (SSSR count). The van der Waals surface area contributed by atoms with Crippen molar-refractivity contribution in [3.05, 3.63) is 46.6 Å². The Balaban J connectivity index is 1.77. The van der Waals surface area contributed by atoms with Crippen LogP contribution in [0.25, 0.3) is 11.3 Å². The molecule has 2 heterocycles. The molecule has 6 heteroatoms. The Morgan fingerprint density at radius 2 is 2.05 bits per heavy atom. The third kappa shape index (κ3) is 2.77. The fraction of sp³-hybridized carbons (Fsp3) is 0.214. The van der Waals surface area contributed by atoms with Gasteiger partial charge in [-0.1, -0.05) is 28.1 Å². The average Bonchev–Trinajstić information content (AvgIpc) is 3.08. The molecule has 0 bridgehead atoms. The van der Waals surface area contributed by atoms with E-state index in [1.54, 1.807) is 0 Å². The molecular formula is C14H12BrNO3S. The summed E-state index contributed by atoms with van der Waals surface area (Å²) >= 11 is 4.77. The molecule has 4 nitrogen and oxygen atoms in total. The summed E-state index contributed by atoms with van der Waals surface area (Å²) in [6.45, 7) is 0.457. The third-order valence-electron chi connectivity index (χ3n) is 3.08. The van der Waals surface area contributed by atoms with Crippen molar-refractivity contribution in [2.75, 3.05) is 6.54 Å². The maximum absolute atomic E-state index is 10.9. The van der Waals surface area contributed by atoms with Gasteiger partial charge in [0.2, 0.25) is 0 Å². The zero-order valence-electron chi connectivity index (χ0n) is 10.4. The molecule has 20 heavy (non-hydrogen) atoms. The highest BCUT2D eigenvalue weighted by atomic mass is 79.9. The van der Waals surface area contributed by atoms with E-state index in [0.717, 1.165) is 21.6 Å². The van der Waals surface area contributed by atoms with Crippen molar-refractivity contribution in [3.63, 3.8) is 0 Å². The second-order valence-electron chi connectivity index (χ2n) is 4.46. The van der Waals surface area contributed by atoms with Crippen LogP contribution in [0.1, 0.15) is 11.1 Å². The molecule has 2 N–H and O–H groups in total. The first-order chi connectivity index (χ1) is 9.63. The van der Waals surface area contributed by atoms with Gasteiger partial charge in [-0.3, -0.25) is 10.1 Å². The number of rotatable bonds is 3. The van der Waals surface area contributed by atoms with Crippen molar-refractivity contribution in [1.29, 1.82) is 0 Å². The molecule has 1 fully saturated rings. The van der Waals surface area contributed by atoms with E-state index in [9.17, 15) is 4.79 Å². The van der Waals surface area contributed by atoms with Crippen molar-refractivity contribution in [2.45, 2.75) is 10.6 Å². The Morgan fingerprint density at radius 1 is 1.30 bits per heavy atom. The van der Waals surface area contributed by atoms with Crippen molar-refractivity contribution in [1.82, 2.24) is 5.32 Å². The number of aliphatic carboxylic acids is 1. The summed E-state index contributed by atoms with van der Waals surface area (Å²) in [5.74, 6) is 0.759. The van der Waals surface area contributed by atoms with E-state index in [4.69, 9.17) is 9.52 Å². The van der Waals surface area contributed by atoms with Gasteiger partial charge in [0.1, 0.15) is 22.1 Å².